The van der Waals surface area contributed by atoms with E-state index < -0.39 is 12.6 Å². The highest BCUT2D eigenvalue weighted by Crippen LogP contribution is 2.33. The van der Waals surface area contributed by atoms with E-state index in [1.165, 1.54) is 6.42 Å². The van der Waals surface area contributed by atoms with E-state index >= 15 is 0 Å². The molecule has 0 N–H and O–H groups in total. The van der Waals surface area contributed by atoms with Gasteiger partial charge in [-0.2, -0.15) is 11.8 Å². The molecule has 0 radical (unpaired) electrons. The van der Waals surface area contributed by atoms with Crippen LogP contribution >= 0.6 is 11.8 Å². The smallest absolute Gasteiger partial charge is 0.448 e. The summed E-state index contributed by atoms with van der Waals surface area (Å²) in [7, 11) is 0. The number of thioether (sulfide) groups is 1. The molecule has 0 heterocycles. The summed E-state index contributed by atoms with van der Waals surface area (Å²) in [6.07, 6.45) is 4.23. The summed E-state index contributed by atoms with van der Waals surface area (Å²) < 4.78 is 35.8. The molecule has 0 amide bonds. The third-order valence-corrected chi connectivity index (χ3v) is 3.88. The maximum absolute atomic E-state index is 11.9. The van der Waals surface area contributed by atoms with Gasteiger partial charge in [0.25, 0.3) is 0 Å². The monoisotopic (exact) mass is 211 g/mol. The SMILES string of the molecule is CC1CCCC(SC[B-](F)(F)F)C1. The van der Waals surface area contributed by atoms with Crippen LogP contribution in [0.4, 0.5) is 12.9 Å². The molecule has 0 bridgehead atoms. The van der Waals surface area contributed by atoms with Gasteiger partial charge in [0.2, 0.25) is 0 Å². The van der Waals surface area contributed by atoms with E-state index in [1.807, 2.05) is 0 Å². The topological polar surface area (TPSA) is 0 Å². The molecule has 5 heteroatoms. The zero-order valence-corrected chi connectivity index (χ0v) is 8.63. The van der Waals surface area contributed by atoms with Crippen LogP contribution in [0.5, 0.6) is 0 Å². The average Bonchev–Trinajstić information content (AvgIpc) is 2.00. The van der Waals surface area contributed by atoms with Gasteiger partial charge in [-0.05, 0) is 24.4 Å². The van der Waals surface area contributed by atoms with Gasteiger partial charge < -0.3 is 12.9 Å². The second-order valence-corrected chi connectivity index (χ2v) is 5.27. The predicted molar refractivity (Wildman–Crippen MR) is 53.0 cm³/mol. The van der Waals surface area contributed by atoms with E-state index in [2.05, 4.69) is 6.92 Å². The van der Waals surface area contributed by atoms with Crippen molar-refractivity contribution in [1.29, 1.82) is 0 Å². The molecule has 1 fully saturated rings. The molecule has 1 aliphatic rings. The fourth-order valence-corrected chi connectivity index (χ4v) is 3.06. The molecule has 2 atom stereocenters. The second kappa shape index (κ2) is 4.62. The molecule has 0 aromatic heterocycles. The van der Waals surface area contributed by atoms with Crippen LogP contribution in [0.25, 0.3) is 0 Å². The van der Waals surface area contributed by atoms with E-state index in [1.54, 1.807) is 0 Å². The lowest BCUT2D eigenvalue weighted by atomic mass is 9.90. The normalized spacial score (nSPS) is 30.5. The molecule has 0 aliphatic heterocycles. The van der Waals surface area contributed by atoms with Crippen molar-refractivity contribution in [1.82, 2.24) is 0 Å². The Morgan fingerprint density at radius 2 is 2.00 bits per heavy atom. The lowest BCUT2D eigenvalue weighted by Gasteiger charge is -2.27. The maximum Gasteiger partial charge on any atom is 0.488 e. The van der Waals surface area contributed by atoms with Crippen molar-refractivity contribution in [3.63, 3.8) is 0 Å². The quantitative estimate of drug-likeness (QED) is 0.641. The van der Waals surface area contributed by atoms with Crippen molar-refractivity contribution in [2.75, 3.05) is 5.65 Å². The minimum atomic E-state index is -4.58. The number of hydrogen-bond donors (Lipinski definition) is 0. The van der Waals surface area contributed by atoms with Crippen LogP contribution in [-0.2, 0) is 0 Å². The van der Waals surface area contributed by atoms with Gasteiger partial charge in [-0.3, -0.25) is 0 Å². The standard InChI is InChI=1S/C8H15BF3S/c1-7-3-2-4-8(5-7)13-6-9(10,11)12/h7-8H,2-6H2,1H3/q-1. The first kappa shape index (κ1) is 11.3. The largest absolute Gasteiger partial charge is 0.488 e. The van der Waals surface area contributed by atoms with Crippen molar-refractivity contribution >= 4 is 18.7 Å². The zero-order valence-electron chi connectivity index (χ0n) is 7.81. The summed E-state index contributed by atoms with van der Waals surface area (Å²) in [4.78, 5) is 0. The molecule has 0 nitrogen and oxygen atoms in total. The van der Waals surface area contributed by atoms with Gasteiger partial charge in [-0.15, -0.1) is 0 Å². The Bertz CT molecular complexity index is 160. The Morgan fingerprint density at radius 3 is 2.54 bits per heavy atom. The van der Waals surface area contributed by atoms with Crippen LogP contribution in [0.2, 0.25) is 0 Å². The Hall–Kier alpha value is 0.205. The molecule has 1 rings (SSSR count). The molecular formula is C8H15BF3S-. The van der Waals surface area contributed by atoms with Gasteiger partial charge >= 0.3 is 6.98 Å². The van der Waals surface area contributed by atoms with E-state index in [0.717, 1.165) is 31.0 Å². The highest BCUT2D eigenvalue weighted by molar-refractivity contribution is 8.01. The highest BCUT2D eigenvalue weighted by Gasteiger charge is 2.26. The van der Waals surface area contributed by atoms with Gasteiger partial charge in [-0.1, -0.05) is 19.8 Å². The third kappa shape index (κ3) is 4.84. The van der Waals surface area contributed by atoms with Gasteiger partial charge in [0.05, 0.1) is 0 Å². The van der Waals surface area contributed by atoms with E-state index in [4.69, 9.17) is 0 Å². The number of halogens is 3. The molecule has 0 saturated heterocycles. The first-order valence-corrected chi connectivity index (χ1v) is 5.85. The van der Waals surface area contributed by atoms with Crippen molar-refractivity contribution in [3.8, 4) is 0 Å². The molecule has 0 spiro atoms. The average molecular weight is 211 g/mol. The summed E-state index contributed by atoms with van der Waals surface area (Å²) in [5.74, 6) is 0.618. The minimum absolute atomic E-state index is 0.257. The van der Waals surface area contributed by atoms with E-state index in [0.29, 0.717) is 5.92 Å². The van der Waals surface area contributed by atoms with Gasteiger partial charge in [0, 0.05) is 5.25 Å². The minimum Gasteiger partial charge on any atom is -0.448 e. The van der Waals surface area contributed by atoms with E-state index in [9.17, 15) is 12.9 Å². The first-order valence-electron chi connectivity index (χ1n) is 4.80. The van der Waals surface area contributed by atoms with Crippen LogP contribution in [0, 0.1) is 5.92 Å². The van der Waals surface area contributed by atoms with Gasteiger partial charge in [0.1, 0.15) is 0 Å². The summed E-state index contributed by atoms with van der Waals surface area (Å²) in [5, 5.41) is 0.257. The van der Waals surface area contributed by atoms with Crippen LogP contribution in [0.15, 0.2) is 0 Å². The Kier molecular flexibility index (Phi) is 4.01. The molecule has 0 aromatic carbocycles. The predicted octanol–water partition coefficient (Wildman–Crippen LogP) is 3.68. The fourth-order valence-electron chi connectivity index (χ4n) is 1.78. The summed E-state index contributed by atoms with van der Waals surface area (Å²) >= 11 is 1.11. The number of hydrogen-bond acceptors (Lipinski definition) is 1. The molecule has 1 aliphatic carbocycles. The summed E-state index contributed by atoms with van der Waals surface area (Å²) in [6.45, 7) is -2.45. The van der Waals surface area contributed by atoms with Crippen molar-refractivity contribution in [3.05, 3.63) is 0 Å². The maximum atomic E-state index is 11.9. The van der Waals surface area contributed by atoms with Crippen molar-refractivity contribution < 1.29 is 12.9 Å². The molecule has 13 heavy (non-hydrogen) atoms. The molecule has 78 valence electrons. The van der Waals surface area contributed by atoms with Crippen LogP contribution < -0.4 is 0 Å². The highest BCUT2D eigenvalue weighted by atomic mass is 32.2. The second-order valence-electron chi connectivity index (χ2n) is 3.94. The Labute approximate surface area is 81.7 Å². The lowest BCUT2D eigenvalue weighted by Crippen LogP contribution is -2.23. The Morgan fingerprint density at radius 1 is 1.31 bits per heavy atom. The summed E-state index contributed by atoms with van der Waals surface area (Å²) in [6, 6.07) is 0. The Balaban J connectivity index is 2.21. The van der Waals surface area contributed by atoms with Gasteiger partial charge in [-0.25, -0.2) is 0 Å². The van der Waals surface area contributed by atoms with Gasteiger partial charge in [0.15, 0.2) is 0 Å². The van der Waals surface area contributed by atoms with Crippen LogP contribution in [0.3, 0.4) is 0 Å². The molecule has 0 aromatic rings. The van der Waals surface area contributed by atoms with Crippen molar-refractivity contribution in [2.45, 2.75) is 37.9 Å². The fraction of sp³-hybridized carbons (Fsp3) is 1.00. The first-order chi connectivity index (χ1) is 5.97. The number of rotatable bonds is 3. The summed E-state index contributed by atoms with van der Waals surface area (Å²) in [5.41, 5.74) is -0.614. The molecule has 1 saturated carbocycles. The third-order valence-electron chi connectivity index (χ3n) is 2.41. The van der Waals surface area contributed by atoms with Crippen LogP contribution in [0.1, 0.15) is 32.6 Å². The molecule has 2 unspecified atom stereocenters. The van der Waals surface area contributed by atoms with Crippen LogP contribution in [-0.4, -0.2) is 17.9 Å². The zero-order chi connectivity index (χ0) is 9.90. The van der Waals surface area contributed by atoms with Crippen molar-refractivity contribution in [2.24, 2.45) is 5.92 Å². The molecular weight excluding hydrogens is 196 g/mol. The lowest BCUT2D eigenvalue weighted by molar-refractivity contribution is 0.394. The van der Waals surface area contributed by atoms with E-state index in [-0.39, 0.29) is 5.25 Å².